The van der Waals surface area contributed by atoms with E-state index >= 15 is 0 Å². The smallest absolute Gasteiger partial charge is 0 e. The van der Waals surface area contributed by atoms with E-state index in [0.29, 0.717) is 0 Å². The van der Waals surface area contributed by atoms with Crippen LogP contribution in [0.3, 0.4) is 0 Å². The first-order valence-corrected chi connectivity index (χ1v) is 0. The van der Waals surface area contributed by atoms with E-state index in [9.17, 15) is 0 Å². The standard InChI is InChI=1S/Ag.3Cd. The molecule has 0 nitrogen and oxygen atoms in total. The van der Waals surface area contributed by atoms with Crippen molar-refractivity contribution in [3.63, 3.8) is 0 Å². The van der Waals surface area contributed by atoms with Gasteiger partial charge in [-0.1, -0.05) is 0 Å². The molecule has 0 aliphatic heterocycles. The van der Waals surface area contributed by atoms with Crippen molar-refractivity contribution in [2.45, 2.75) is 0 Å². The maximum absolute atomic E-state index is 0. The minimum absolute atomic E-state index is 0. The molecule has 17 valence electrons. The summed E-state index contributed by atoms with van der Waals surface area (Å²) in [7, 11) is 0. The summed E-state index contributed by atoms with van der Waals surface area (Å²) in [5.74, 6) is 0. The molecule has 0 bridgehead atoms. The van der Waals surface area contributed by atoms with Crippen LogP contribution in [-0.2, 0) is 104 Å². The molecule has 0 aliphatic rings. The van der Waals surface area contributed by atoms with Crippen molar-refractivity contribution in [1.29, 1.82) is 0 Å². The zero-order valence-electron chi connectivity index (χ0n) is 2.42. The summed E-state index contributed by atoms with van der Waals surface area (Å²) in [5, 5.41) is 0. The molecule has 0 saturated carbocycles. The van der Waals surface area contributed by atoms with Gasteiger partial charge in [0, 0.05) is 104 Å². The largest absolute Gasteiger partial charge is 0 e. The minimum atomic E-state index is 0. The van der Waals surface area contributed by atoms with Crippen LogP contribution in [0, 0.1) is 0 Å². The Bertz CT molecular complexity index is 3.25. The molecule has 0 heterocycles. The van der Waals surface area contributed by atoms with Gasteiger partial charge in [0.15, 0.2) is 0 Å². The Hall–Kier alpha value is 3.51. The van der Waals surface area contributed by atoms with Crippen molar-refractivity contribution in [1.82, 2.24) is 0 Å². The van der Waals surface area contributed by atoms with Crippen molar-refractivity contribution in [3.05, 3.63) is 0 Å². The van der Waals surface area contributed by atoms with E-state index in [-0.39, 0.29) is 104 Å². The predicted molar refractivity (Wildman–Crippen MR) is 0 cm³/mol. The van der Waals surface area contributed by atoms with Crippen LogP contribution >= 0.6 is 0 Å². The second-order valence-electron chi connectivity index (χ2n) is 0. The second-order valence-corrected chi connectivity index (χ2v) is 0. The molecule has 0 spiro atoms. The Labute approximate surface area is 102 Å². The number of rotatable bonds is 0. The summed E-state index contributed by atoms with van der Waals surface area (Å²) in [4.78, 5) is 0. The van der Waals surface area contributed by atoms with E-state index in [0.717, 1.165) is 0 Å². The molecule has 0 saturated heterocycles. The van der Waals surface area contributed by atoms with E-state index in [2.05, 4.69) is 0 Å². The van der Waals surface area contributed by atoms with Crippen LogP contribution in [0.4, 0.5) is 0 Å². The fourth-order valence-electron chi connectivity index (χ4n) is 0. The SMILES string of the molecule is [Ag].[Cd].[Cd].[Cd]. The molecule has 4 heavy (non-hydrogen) atoms. The van der Waals surface area contributed by atoms with Crippen LogP contribution in [0.5, 0.6) is 0 Å². The van der Waals surface area contributed by atoms with Gasteiger partial charge in [0.1, 0.15) is 0 Å². The molecule has 0 N–H and O–H groups in total. The quantitative estimate of drug-likeness (QED) is 0.461. The Morgan fingerprint density at radius 3 is 0.500 bits per heavy atom. The zero-order chi connectivity index (χ0) is 0. The molecule has 0 aromatic rings. The monoisotopic (exact) mass is 449 g/mol. The predicted octanol–water partition coefficient (Wildman–Crippen LogP) is -0.0100. The Morgan fingerprint density at radius 1 is 0.500 bits per heavy atom. The summed E-state index contributed by atoms with van der Waals surface area (Å²) >= 11 is 0. The van der Waals surface area contributed by atoms with Crippen LogP contribution in [0.1, 0.15) is 0 Å². The van der Waals surface area contributed by atoms with E-state index in [1.54, 1.807) is 0 Å². The van der Waals surface area contributed by atoms with Gasteiger partial charge in [-0.15, -0.1) is 0 Å². The second kappa shape index (κ2) is 16.0. The Morgan fingerprint density at radius 2 is 0.500 bits per heavy atom. The van der Waals surface area contributed by atoms with E-state index in [4.69, 9.17) is 0 Å². The van der Waals surface area contributed by atoms with Crippen LogP contribution < -0.4 is 0 Å². The first-order valence-electron chi connectivity index (χ1n) is 0. The fraction of sp³-hybridized carbons (Fsp3) is 0. The fourth-order valence-corrected chi connectivity index (χ4v) is 0. The molecule has 4 heteroatoms. The summed E-state index contributed by atoms with van der Waals surface area (Å²) in [6, 6.07) is 0. The van der Waals surface area contributed by atoms with Gasteiger partial charge < -0.3 is 0 Å². The van der Waals surface area contributed by atoms with E-state index in [1.165, 1.54) is 0 Å². The van der Waals surface area contributed by atoms with Crippen LogP contribution in [-0.4, -0.2) is 0 Å². The molecule has 0 atom stereocenters. The van der Waals surface area contributed by atoms with E-state index < -0.39 is 0 Å². The maximum atomic E-state index is 0. The van der Waals surface area contributed by atoms with Crippen molar-refractivity contribution >= 4 is 0 Å². The molecular formula is AgCd3. The molecule has 0 amide bonds. The third-order valence-corrected chi connectivity index (χ3v) is 0. The van der Waals surface area contributed by atoms with Crippen molar-refractivity contribution in [2.24, 2.45) is 0 Å². The van der Waals surface area contributed by atoms with Gasteiger partial charge in [0.2, 0.25) is 0 Å². The van der Waals surface area contributed by atoms with Crippen molar-refractivity contribution in [3.8, 4) is 0 Å². The molecule has 0 aliphatic carbocycles. The van der Waals surface area contributed by atoms with Gasteiger partial charge in [-0.05, 0) is 0 Å². The van der Waals surface area contributed by atoms with Gasteiger partial charge in [-0.3, -0.25) is 0 Å². The average Bonchev–Trinajstić information content (AvgIpc) is 0. The first-order chi connectivity index (χ1) is 0. The maximum Gasteiger partial charge on any atom is 0 e. The molecular weight excluding hydrogens is 445 g/mol. The molecule has 0 aromatic heterocycles. The van der Waals surface area contributed by atoms with Gasteiger partial charge >= 0.3 is 0 Å². The molecule has 0 unspecified atom stereocenters. The minimum Gasteiger partial charge on any atom is 0 e. The normalized spacial score (nSPS) is 0. The third kappa shape index (κ3) is 9.10. The average molecular weight is 445 g/mol. The molecule has 0 aromatic carbocycles. The summed E-state index contributed by atoms with van der Waals surface area (Å²) in [6.45, 7) is 0. The van der Waals surface area contributed by atoms with Gasteiger partial charge in [-0.2, -0.15) is 0 Å². The molecule has 1 radical (unpaired) electrons. The number of hydrogen-bond acceptors (Lipinski definition) is 0. The molecule has 0 fully saturated rings. The Balaban J connectivity index is 0. The number of hydrogen-bond donors (Lipinski definition) is 0. The van der Waals surface area contributed by atoms with E-state index in [1.807, 2.05) is 0 Å². The van der Waals surface area contributed by atoms with Crippen molar-refractivity contribution in [2.75, 3.05) is 0 Å². The molecule has 0 rings (SSSR count). The summed E-state index contributed by atoms with van der Waals surface area (Å²) in [6.07, 6.45) is 0. The topological polar surface area (TPSA) is 0 Å². The van der Waals surface area contributed by atoms with Crippen LogP contribution in [0.25, 0.3) is 0 Å². The van der Waals surface area contributed by atoms with Gasteiger partial charge in [0.05, 0.1) is 0 Å². The Kier molecular flexibility index (Phi) is 104. The van der Waals surface area contributed by atoms with Gasteiger partial charge in [0.25, 0.3) is 0 Å². The van der Waals surface area contributed by atoms with Crippen LogP contribution in [0.2, 0.25) is 0 Å². The summed E-state index contributed by atoms with van der Waals surface area (Å²) < 4.78 is 0. The zero-order valence-corrected chi connectivity index (χ0v) is 16.0. The summed E-state index contributed by atoms with van der Waals surface area (Å²) in [5.41, 5.74) is 0. The van der Waals surface area contributed by atoms with Crippen LogP contribution in [0.15, 0.2) is 0 Å². The van der Waals surface area contributed by atoms with Gasteiger partial charge in [-0.25, -0.2) is 0 Å². The van der Waals surface area contributed by atoms with Crippen molar-refractivity contribution < 1.29 is 104 Å². The first kappa shape index (κ1) is 25.8. The third-order valence-electron chi connectivity index (χ3n) is 0.